The molecule has 0 fully saturated rings. The first-order chi connectivity index (χ1) is 11.6. The molecule has 0 saturated carbocycles. The summed E-state index contributed by atoms with van der Waals surface area (Å²) in [6.07, 6.45) is 14.3. The molecule has 0 spiro atoms. The highest BCUT2D eigenvalue weighted by molar-refractivity contribution is 5.71. The zero-order valence-corrected chi connectivity index (χ0v) is 15.9. The minimum absolute atomic E-state index is 0.0342. The highest BCUT2D eigenvalue weighted by atomic mass is 16.5. The predicted molar refractivity (Wildman–Crippen MR) is 98.1 cm³/mol. The van der Waals surface area contributed by atoms with Crippen molar-refractivity contribution >= 4 is 11.9 Å². The van der Waals surface area contributed by atoms with E-state index in [1.54, 1.807) is 0 Å². The first kappa shape index (κ1) is 22.9. The van der Waals surface area contributed by atoms with Crippen LogP contribution in [-0.2, 0) is 14.3 Å². The maximum Gasteiger partial charge on any atom is 0.305 e. The van der Waals surface area contributed by atoms with E-state index >= 15 is 0 Å². The van der Waals surface area contributed by atoms with Crippen LogP contribution in [0, 0.1) is 5.92 Å². The number of carboxylic acids is 1. The quantitative estimate of drug-likeness (QED) is 0.271. The molecule has 0 rings (SSSR count). The van der Waals surface area contributed by atoms with Gasteiger partial charge in [-0.25, -0.2) is 0 Å². The zero-order chi connectivity index (χ0) is 18.0. The van der Waals surface area contributed by atoms with Crippen LogP contribution in [0.15, 0.2) is 0 Å². The molecule has 0 aliphatic heterocycles. The Kier molecular flexibility index (Phi) is 16.0. The molecule has 0 amide bonds. The molecule has 1 unspecified atom stereocenters. The Hall–Kier alpha value is -1.06. The second kappa shape index (κ2) is 16.8. The van der Waals surface area contributed by atoms with E-state index in [2.05, 4.69) is 13.8 Å². The number of unbranched alkanes of at least 4 members (excludes halogenated alkanes) is 6. The molecule has 142 valence electrons. The van der Waals surface area contributed by atoms with Gasteiger partial charge in [0.1, 0.15) is 0 Å². The molecule has 24 heavy (non-hydrogen) atoms. The van der Waals surface area contributed by atoms with Crippen LogP contribution in [0.2, 0.25) is 0 Å². The number of rotatable bonds is 17. The average Bonchev–Trinajstić information content (AvgIpc) is 2.54. The molecule has 0 aromatic carbocycles. The van der Waals surface area contributed by atoms with Gasteiger partial charge in [-0.3, -0.25) is 9.59 Å². The van der Waals surface area contributed by atoms with Gasteiger partial charge in [0.05, 0.1) is 6.61 Å². The molecule has 4 heteroatoms. The van der Waals surface area contributed by atoms with Crippen LogP contribution in [-0.4, -0.2) is 23.7 Å². The van der Waals surface area contributed by atoms with E-state index < -0.39 is 5.97 Å². The maximum atomic E-state index is 11.6. The fourth-order valence-electron chi connectivity index (χ4n) is 2.95. The van der Waals surface area contributed by atoms with Gasteiger partial charge in [0, 0.05) is 12.8 Å². The second-order valence-corrected chi connectivity index (χ2v) is 6.82. The number of carbonyl (C=O) groups excluding carboxylic acids is 1. The summed E-state index contributed by atoms with van der Waals surface area (Å²) in [5.41, 5.74) is 0. The fraction of sp³-hybridized carbons (Fsp3) is 0.900. The topological polar surface area (TPSA) is 63.6 Å². The number of hydrogen-bond donors (Lipinski definition) is 1. The van der Waals surface area contributed by atoms with E-state index in [9.17, 15) is 9.59 Å². The van der Waals surface area contributed by atoms with Crippen LogP contribution in [0.4, 0.5) is 0 Å². The normalized spacial score (nSPS) is 12.1. The van der Waals surface area contributed by atoms with E-state index in [-0.39, 0.29) is 18.8 Å². The average molecular weight is 343 g/mol. The molecule has 0 aromatic rings. The summed E-state index contributed by atoms with van der Waals surface area (Å²) in [7, 11) is 0. The van der Waals surface area contributed by atoms with E-state index in [4.69, 9.17) is 9.84 Å². The first-order valence-electron chi connectivity index (χ1n) is 9.97. The molecule has 0 aromatic heterocycles. The number of aliphatic carboxylic acids is 1. The Morgan fingerprint density at radius 3 is 2.00 bits per heavy atom. The number of carbonyl (C=O) groups is 2. The number of esters is 1. The summed E-state index contributed by atoms with van der Waals surface area (Å²) >= 11 is 0. The molecule has 0 aliphatic rings. The van der Waals surface area contributed by atoms with Gasteiger partial charge < -0.3 is 9.84 Å². The van der Waals surface area contributed by atoms with Crippen molar-refractivity contribution in [1.82, 2.24) is 0 Å². The van der Waals surface area contributed by atoms with Crippen LogP contribution >= 0.6 is 0 Å². The van der Waals surface area contributed by atoms with E-state index in [1.807, 2.05) is 0 Å². The Morgan fingerprint density at radius 2 is 1.38 bits per heavy atom. The smallest absolute Gasteiger partial charge is 0.305 e. The van der Waals surface area contributed by atoms with Crippen molar-refractivity contribution in [3.63, 3.8) is 0 Å². The molecule has 0 heterocycles. The van der Waals surface area contributed by atoms with Gasteiger partial charge in [-0.1, -0.05) is 78.1 Å². The Morgan fingerprint density at radius 1 is 0.792 bits per heavy atom. The Bertz CT molecular complexity index is 315. The molecule has 0 radical (unpaired) electrons. The monoisotopic (exact) mass is 342 g/mol. The first-order valence-corrected chi connectivity index (χ1v) is 9.97. The summed E-state index contributed by atoms with van der Waals surface area (Å²) in [5.74, 6) is -0.460. The third-order valence-corrected chi connectivity index (χ3v) is 4.49. The molecular weight excluding hydrogens is 304 g/mol. The third kappa shape index (κ3) is 15.8. The van der Waals surface area contributed by atoms with Gasteiger partial charge in [-0.15, -0.1) is 0 Å². The van der Waals surface area contributed by atoms with Gasteiger partial charge in [0.2, 0.25) is 0 Å². The molecule has 4 nitrogen and oxygen atoms in total. The lowest BCUT2D eigenvalue weighted by Gasteiger charge is -2.17. The second-order valence-electron chi connectivity index (χ2n) is 6.82. The van der Waals surface area contributed by atoms with E-state index in [0.29, 0.717) is 18.9 Å². The molecule has 0 bridgehead atoms. The summed E-state index contributed by atoms with van der Waals surface area (Å²) in [5, 5.41) is 8.56. The summed E-state index contributed by atoms with van der Waals surface area (Å²) < 4.78 is 5.27. The van der Waals surface area contributed by atoms with Crippen molar-refractivity contribution in [3.8, 4) is 0 Å². The van der Waals surface area contributed by atoms with Crippen molar-refractivity contribution in [3.05, 3.63) is 0 Å². The van der Waals surface area contributed by atoms with Crippen molar-refractivity contribution in [1.29, 1.82) is 0 Å². The Balaban J connectivity index is 3.88. The van der Waals surface area contributed by atoms with Crippen molar-refractivity contribution in [2.75, 3.05) is 6.61 Å². The molecular formula is C20H38O4. The summed E-state index contributed by atoms with van der Waals surface area (Å²) in [6, 6.07) is 0. The Labute approximate surface area is 148 Å². The minimum Gasteiger partial charge on any atom is -0.481 e. The standard InChI is InChI=1S/C20H38O4/c1-3-5-7-8-10-13-18(12-9-6-4-2)16-17-24-20(23)15-11-14-19(21)22/h18H,3-17H2,1-2H3,(H,21,22). The van der Waals surface area contributed by atoms with Crippen molar-refractivity contribution < 1.29 is 19.4 Å². The highest BCUT2D eigenvalue weighted by Crippen LogP contribution is 2.21. The van der Waals surface area contributed by atoms with Gasteiger partial charge in [0.15, 0.2) is 0 Å². The van der Waals surface area contributed by atoms with Crippen molar-refractivity contribution in [2.24, 2.45) is 5.92 Å². The fourth-order valence-corrected chi connectivity index (χ4v) is 2.95. The number of ether oxygens (including phenoxy) is 1. The van der Waals surface area contributed by atoms with E-state index in [1.165, 1.54) is 64.2 Å². The van der Waals surface area contributed by atoms with Crippen LogP contribution < -0.4 is 0 Å². The van der Waals surface area contributed by atoms with Gasteiger partial charge in [-0.05, 0) is 18.8 Å². The van der Waals surface area contributed by atoms with Crippen LogP contribution in [0.1, 0.15) is 104 Å². The van der Waals surface area contributed by atoms with Gasteiger partial charge in [0.25, 0.3) is 0 Å². The summed E-state index contributed by atoms with van der Waals surface area (Å²) in [4.78, 5) is 22.0. The maximum absolute atomic E-state index is 11.6. The van der Waals surface area contributed by atoms with Crippen LogP contribution in [0.5, 0.6) is 0 Å². The van der Waals surface area contributed by atoms with E-state index in [0.717, 1.165) is 6.42 Å². The lowest BCUT2D eigenvalue weighted by Crippen LogP contribution is -2.11. The summed E-state index contributed by atoms with van der Waals surface area (Å²) in [6.45, 7) is 4.94. The minimum atomic E-state index is -0.859. The van der Waals surface area contributed by atoms with Crippen molar-refractivity contribution in [2.45, 2.75) is 104 Å². The zero-order valence-electron chi connectivity index (χ0n) is 15.9. The lowest BCUT2D eigenvalue weighted by atomic mass is 9.92. The van der Waals surface area contributed by atoms with Crippen LogP contribution in [0.25, 0.3) is 0 Å². The molecule has 1 N–H and O–H groups in total. The number of carboxylic acid groups (broad SMARTS) is 1. The van der Waals surface area contributed by atoms with Crippen LogP contribution in [0.3, 0.4) is 0 Å². The molecule has 0 aliphatic carbocycles. The SMILES string of the molecule is CCCCCCCC(CCCCC)CCOC(=O)CCCC(=O)O. The lowest BCUT2D eigenvalue weighted by molar-refractivity contribution is -0.144. The highest BCUT2D eigenvalue weighted by Gasteiger charge is 2.11. The molecule has 1 atom stereocenters. The largest absolute Gasteiger partial charge is 0.481 e. The molecule has 0 saturated heterocycles. The van der Waals surface area contributed by atoms with Gasteiger partial charge in [-0.2, -0.15) is 0 Å². The predicted octanol–water partition coefficient (Wildman–Crippen LogP) is 5.73. The number of hydrogen-bond acceptors (Lipinski definition) is 3. The van der Waals surface area contributed by atoms with Gasteiger partial charge >= 0.3 is 11.9 Å². The third-order valence-electron chi connectivity index (χ3n) is 4.49.